The van der Waals surface area contributed by atoms with Crippen LogP contribution in [0.2, 0.25) is 0 Å². The molecule has 140 valence electrons. The number of anilines is 1. The first-order valence-electron chi connectivity index (χ1n) is 9.57. The number of amides is 3. The van der Waals surface area contributed by atoms with Gasteiger partial charge in [0.15, 0.2) is 0 Å². The van der Waals surface area contributed by atoms with E-state index < -0.39 is 0 Å². The molecule has 0 aromatic carbocycles. The lowest BCUT2D eigenvalue weighted by Gasteiger charge is -2.39. The standard InChI is InChI=1S/C18H26N6O2/c25-16(14-3-1-8-24(13-14)18(26)21-15-4-5-15)22-9-11-23(12-10-22)17-19-6-2-7-20-17/h2,6-7,14-15H,1,3-5,8-13H2,(H,21,26). The Hall–Kier alpha value is -2.38. The van der Waals surface area contributed by atoms with E-state index in [0.717, 1.165) is 51.3 Å². The van der Waals surface area contributed by atoms with Crippen LogP contribution >= 0.6 is 0 Å². The maximum Gasteiger partial charge on any atom is 0.317 e. The van der Waals surface area contributed by atoms with Gasteiger partial charge in [0, 0.05) is 57.7 Å². The number of rotatable bonds is 3. The molecule has 1 unspecified atom stereocenters. The van der Waals surface area contributed by atoms with E-state index in [9.17, 15) is 9.59 Å². The third kappa shape index (κ3) is 3.89. The van der Waals surface area contributed by atoms with Crippen LogP contribution in [-0.4, -0.2) is 77.0 Å². The molecule has 0 bridgehead atoms. The van der Waals surface area contributed by atoms with E-state index in [4.69, 9.17) is 0 Å². The van der Waals surface area contributed by atoms with Gasteiger partial charge in [-0.05, 0) is 31.7 Å². The Morgan fingerprint density at radius 1 is 0.962 bits per heavy atom. The van der Waals surface area contributed by atoms with Crippen molar-refractivity contribution >= 4 is 17.9 Å². The second-order valence-corrected chi connectivity index (χ2v) is 7.37. The summed E-state index contributed by atoms with van der Waals surface area (Å²) in [5, 5.41) is 3.03. The zero-order valence-electron chi connectivity index (χ0n) is 15.0. The lowest BCUT2D eigenvalue weighted by molar-refractivity contribution is -0.137. The maximum atomic E-state index is 12.9. The van der Waals surface area contributed by atoms with Gasteiger partial charge in [-0.15, -0.1) is 0 Å². The van der Waals surface area contributed by atoms with E-state index >= 15 is 0 Å². The number of urea groups is 1. The van der Waals surface area contributed by atoms with Crippen molar-refractivity contribution in [3.63, 3.8) is 0 Å². The maximum absolute atomic E-state index is 12.9. The minimum absolute atomic E-state index is 0.00366. The van der Waals surface area contributed by atoms with Gasteiger partial charge in [-0.1, -0.05) is 0 Å². The summed E-state index contributed by atoms with van der Waals surface area (Å²) in [6, 6.07) is 2.15. The Morgan fingerprint density at radius 3 is 2.38 bits per heavy atom. The zero-order chi connectivity index (χ0) is 17.9. The van der Waals surface area contributed by atoms with Crippen LogP contribution < -0.4 is 10.2 Å². The van der Waals surface area contributed by atoms with Gasteiger partial charge in [-0.25, -0.2) is 14.8 Å². The van der Waals surface area contributed by atoms with Gasteiger partial charge in [-0.2, -0.15) is 0 Å². The third-order valence-corrected chi connectivity index (χ3v) is 5.39. The number of hydrogen-bond acceptors (Lipinski definition) is 5. The average molecular weight is 358 g/mol. The highest BCUT2D eigenvalue weighted by atomic mass is 16.2. The van der Waals surface area contributed by atoms with Crippen molar-refractivity contribution < 1.29 is 9.59 Å². The predicted molar refractivity (Wildman–Crippen MR) is 96.7 cm³/mol. The molecule has 3 aliphatic rings. The summed E-state index contributed by atoms with van der Waals surface area (Å²) in [7, 11) is 0. The van der Waals surface area contributed by atoms with Gasteiger partial charge in [0.25, 0.3) is 0 Å². The summed E-state index contributed by atoms with van der Waals surface area (Å²) >= 11 is 0. The Morgan fingerprint density at radius 2 is 1.69 bits per heavy atom. The lowest BCUT2D eigenvalue weighted by atomic mass is 9.96. The molecule has 2 aliphatic heterocycles. The number of nitrogens with one attached hydrogen (secondary N) is 1. The molecule has 4 rings (SSSR count). The normalized spacial score (nSPS) is 23.7. The molecule has 3 fully saturated rings. The lowest BCUT2D eigenvalue weighted by Crippen LogP contribution is -2.54. The number of piperidine rings is 1. The first-order chi connectivity index (χ1) is 12.7. The molecule has 8 nitrogen and oxygen atoms in total. The molecule has 8 heteroatoms. The fraction of sp³-hybridized carbons (Fsp3) is 0.667. The van der Waals surface area contributed by atoms with E-state index in [1.165, 1.54) is 0 Å². The van der Waals surface area contributed by atoms with Crippen molar-refractivity contribution in [1.29, 1.82) is 0 Å². The van der Waals surface area contributed by atoms with Crippen LogP contribution in [-0.2, 0) is 4.79 Å². The Balaban J connectivity index is 1.29. The molecule has 1 saturated carbocycles. The molecular formula is C18H26N6O2. The summed E-state index contributed by atoms with van der Waals surface area (Å²) in [5.74, 6) is 0.830. The van der Waals surface area contributed by atoms with E-state index in [0.29, 0.717) is 25.7 Å². The molecule has 26 heavy (non-hydrogen) atoms. The molecule has 3 amide bonds. The van der Waals surface area contributed by atoms with Crippen molar-refractivity contribution in [2.45, 2.75) is 31.7 Å². The molecule has 2 saturated heterocycles. The monoisotopic (exact) mass is 358 g/mol. The summed E-state index contributed by atoms with van der Waals surface area (Å²) < 4.78 is 0. The van der Waals surface area contributed by atoms with Crippen LogP contribution in [0, 0.1) is 5.92 Å². The molecule has 1 atom stereocenters. The van der Waals surface area contributed by atoms with Crippen molar-refractivity contribution in [2.75, 3.05) is 44.2 Å². The molecule has 1 N–H and O–H groups in total. The van der Waals surface area contributed by atoms with Gasteiger partial charge >= 0.3 is 6.03 Å². The van der Waals surface area contributed by atoms with Crippen LogP contribution in [0.3, 0.4) is 0 Å². The van der Waals surface area contributed by atoms with E-state index in [-0.39, 0.29) is 17.9 Å². The smallest absolute Gasteiger partial charge is 0.317 e. The van der Waals surface area contributed by atoms with Gasteiger partial charge in [0.05, 0.1) is 5.92 Å². The van der Waals surface area contributed by atoms with Crippen LogP contribution in [0.4, 0.5) is 10.7 Å². The fourth-order valence-electron chi connectivity index (χ4n) is 3.70. The zero-order valence-corrected chi connectivity index (χ0v) is 15.0. The van der Waals surface area contributed by atoms with Gasteiger partial charge < -0.3 is 20.0 Å². The van der Waals surface area contributed by atoms with E-state index in [2.05, 4.69) is 20.2 Å². The first-order valence-corrected chi connectivity index (χ1v) is 9.57. The van der Waals surface area contributed by atoms with Crippen LogP contribution in [0.1, 0.15) is 25.7 Å². The van der Waals surface area contributed by atoms with Gasteiger partial charge in [-0.3, -0.25) is 4.79 Å². The second kappa shape index (κ2) is 7.47. The molecular weight excluding hydrogens is 332 g/mol. The summed E-state index contributed by atoms with van der Waals surface area (Å²) in [4.78, 5) is 39.6. The summed E-state index contributed by atoms with van der Waals surface area (Å²) in [6.07, 6.45) is 7.40. The fourth-order valence-corrected chi connectivity index (χ4v) is 3.70. The van der Waals surface area contributed by atoms with Crippen LogP contribution in [0.5, 0.6) is 0 Å². The number of nitrogens with zero attached hydrogens (tertiary/aromatic N) is 5. The Bertz CT molecular complexity index is 642. The molecule has 0 spiro atoms. The number of piperazine rings is 1. The Kier molecular flexibility index (Phi) is 4.90. The number of hydrogen-bond donors (Lipinski definition) is 1. The number of aromatic nitrogens is 2. The Labute approximate surface area is 153 Å². The predicted octanol–water partition coefficient (Wildman–Crippen LogP) is 0.709. The largest absolute Gasteiger partial charge is 0.339 e. The van der Waals surface area contributed by atoms with Crippen molar-refractivity contribution in [1.82, 2.24) is 25.1 Å². The van der Waals surface area contributed by atoms with E-state index in [1.807, 2.05) is 9.80 Å². The van der Waals surface area contributed by atoms with Crippen LogP contribution in [0.25, 0.3) is 0 Å². The van der Waals surface area contributed by atoms with Crippen molar-refractivity contribution in [3.8, 4) is 0 Å². The second-order valence-electron chi connectivity index (χ2n) is 7.37. The average Bonchev–Trinajstić information content (AvgIpc) is 3.52. The molecule has 3 heterocycles. The topological polar surface area (TPSA) is 81.7 Å². The van der Waals surface area contributed by atoms with E-state index in [1.54, 1.807) is 18.5 Å². The number of likely N-dealkylation sites (tertiary alicyclic amines) is 1. The highest BCUT2D eigenvalue weighted by molar-refractivity contribution is 5.81. The summed E-state index contributed by atoms with van der Waals surface area (Å²) in [5.41, 5.74) is 0. The SMILES string of the molecule is O=C(NC1CC1)N1CCCC(C(=O)N2CCN(c3ncccn3)CC2)C1. The number of carbonyl (C=O) groups is 2. The minimum Gasteiger partial charge on any atom is -0.339 e. The highest BCUT2D eigenvalue weighted by Crippen LogP contribution is 2.23. The van der Waals surface area contributed by atoms with Crippen LogP contribution in [0.15, 0.2) is 18.5 Å². The molecule has 1 aromatic rings. The van der Waals surface area contributed by atoms with Gasteiger partial charge in [0.2, 0.25) is 11.9 Å². The highest BCUT2D eigenvalue weighted by Gasteiger charge is 2.34. The van der Waals surface area contributed by atoms with Crippen molar-refractivity contribution in [2.24, 2.45) is 5.92 Å². The molecule has 1 aromatic heterocycles. The minimum atomic E-state index is -0.0757. The van der Waals surface area contributed by atoms with Gasteiger partial charge in [0.1, 0.15) is 0 Å². The van der Waals surface area contributed by atoms with Crippen molar-refractivity contribution in [3.05, 3.63) is 18.5 Å². The third-order valence-electron chi connectivity index (χ3n) is 5.39. The number of carbonyl (C=O) groups excluding carboxylic acids is 2. The molecule has 0 radical (unpaired) electrons. The first kappa shape index (κ1) is 17.1. The quantitative estimate of drug-likeness (QED) is 0.861. The molecule has 1 aliphatic carbocycles. The summed E-state index contributed by atoms with van der Waals surface area (Å²) in [6.45, 7) is 4.15.